The summed E-state index contributed by atoms with van der Waals surface area (Å²) in [6.07, 6.45) is 1.16. The van der Waals surface area contributed by atoms with Gasteiger partial charge in [0, 0.05) is 12.5 Å². The van der Waals surface area contributed by atoms with Gasteiger partial charge in [-0.1, -0.05) is 0 Å². The Morgan fingerprint density at radius 1 is 1.32 bits per heavy atom. The smallest absolute Gasteiger partial charge is 0.220 e. The van der Waals surface area contributed by atoms with Crippen LogP contribution in [0.4, 0.5) is 0 Å². The lowest BCUT2D eigenvalue weighted by molar-refractivity contribution is -0.121. The molecule has 0 aliphatic carbocycles. The van der Waals surface area contributed by atoms with Gasteiger partial charge in [-0.2, -0.15) is 0 Å². The van der Waals surface area contributed by atoms with Gasteiger partial charge in [0.2, 0.25) is 5.91 Å². The van der Waals surface area contributed by atoms with Crippen molar-refractivity contribution >= 4 is 5.91 Å². The summed E-state index contributed by atoms with van der Waals surface area (Å²) in [5, 5.41) is 2.79. The quantitative estimate of drug-likeness (QED) is 0.696. The summed E-state index contributed by atoms with van der Waals surface area (Å²) in [6.45, 7) is 2.82. The van der Waals surface area contributed by atoms with E-state index in [1.54, 1.807) is 7.11 Å². The average Bonchev–Trinajstić information content (AvgIpc) is 2.42. The van der Waals surface area contributed by atoms with E-state index in [2.05, 4.69) is 5.32 Å². The van der Waals surface area contributed by atoms with Gasteiger partial charge in [-0.05, 0) is 37.6 Å². The highest BCUT2D eigenvalue weighted by molar-refractivity contribution is 5.75. The predicted molar refractivity (Wildman–Crippen MR) is 74.4 cm³/mol. The number of carbonyl (C=O) groups excluding carboxylic acids is 1. The minimum absolute atomic E-state index is 0.00984. The zero-order valence-corrected chi connectivity index (χ0v) is 11.5. The molecule has 19 heavy (non-hydrogen) atoms. The third-order valence-electron chi connectivity index (χ3n) is 2.58. The fourth-order valence-electron chi connectivity index (χ4n) is 1.48. The van der Waals surface area contributed by atoms with Crippen molar-refractivity contribution in [2.75, 3.05) is 20.3 Å². The molecule has 1 unspecified atom stereocenters. The molecule has 5 nitrogen and oxygen atoms in total. The van der Waals surface area contributed by atoms with Crippen molar-refractivity contribution in [3.05, 3.63) is 24.3 Å². The summed E-state index contributed by atoms with van der Waals surface area (Å²) in [5.41, 5.74) is 5.58. The second-order valence-corrected chi connectivity index (χ2v) is 4.39. The van der Waals surface area contributed by atoms with Crippen molar-refractivity contribution in [1.29, 1.82) is 0 Å². The molecule has 3 N–H and O–H groups in total. The molecule has 1 aromatic rings. The van der Waals surface area contributed by atoms with Crippen LogP contribution in [0.5, 0.6) is 11.5 Å². The van der Waals surface area contributed by atoms with Crippen LogP contribution in [0.3, 0.4) is 0 Å². The number of methoxy groups -OCH3 is 1. The van der Waals surface area contributed by atoms with E-state index in [4.69, 9.17) is 15.2 Å². The first-order valence-corrected chi connectivity index (χ1v) is 6.41. The first-order chi connectivity index (χ1) is 9.11. The molecule has 1 rings (SSSR count). The van der Waals surface area contributed by atoms with E-state index in [9.17, 15) is 4.79 Å². The third-order valence-corrected chi connectivity index (χ3v) is 2.58. The number of rotatable bonds is 8. The summed E-state index contributed by atoms with van der Waals surface area (Å²) in [5.74, 6) is 1.55. The van der Waals surface area contributed by atoms with Crippen molar-refractivity contribution in [2.45, 2.75) is 25.8 Å². The molecule has 1 amide bonds. The average molecular weight is 266 g/mol. The van der Waals surface area contributed by atoms with Gasteiger partial charge in [-0.15, -0.1) is 0 Å². The van der Waals surface area contributed by atoms with Crippen molar-refractivity contribution in [2.24, 2.45) is 5.73 Å². The number of nitrogens with two attached hydrogens (primary N) is 1. The van der Waals surface area contributed by atoms with Gasteiger partial charge in [0.05, 0.1) is 13.7 Å². The lowest BCUT2D eigenvalue weighted by atomic mass is 10.2. The van der Waals surface area contributed by atoms with Gasteiger partial charge in [-0.3, -0.25) is 4.79 Å². The van der Waals surface area contributed by atoms with E-state index >= 15 is 0 Å². The maximum absolute atomic E-state index is 11.4. The Kier molecular flexibility index (Phi) is 6.74. The number of hydrogen-bond donors (Lipinski definition) is 2. The Morgan fingerprint density at radius 2 is 1.95 bits per heavy atom. The topological polar surface area (TPSA) is 73.6 Å². The Bertz CT molecular complexity index is 377. The minimum Gasteiger partial charge on any atom is -0.497 e. The Morgan fingerprint density at radius 3 is 2.53 bits per heavy atom. The van der Waals surface area contributed by atoms with Crippen LogP contribution in [0.1, 0.15) is 19.8 Å². The highest BCUT2D eigenvalue weighted by Crippen LogP contribution is 2.16. The SMILES string of the molecule is COc1ccc(OCCNC(=O)CCC(C)N)cc1. The Balaban J connectivity index is 2.14. The largest absolute Gasteiger partial charge is 0.497 e. The number of ether oxygens (including phenoxy) is 2. The van der Waals surface area contributed by atoms with E-state index in [0.29, 0.717) is 26.0 Å². The van der Waals surface area contributed by atoms with Crippen LogP contribution < -0.4 is 20.5 Å². The van der Waals surface area contributed by atoms with E-state index in [-0.39, 0.29) is 11.9 Å². The fourth-order valence-corrected chi connectivity index (χ4v) is 1.48. The molecular weight excluding hydrogens is 244 g/mol. The second-order valence-electron chi connectivity index (χ2n) is 4.39. The molecule has 5 heteroatoms. The van der Waals surface area contributed by atoms with Gasteiger partial charge in [0.15, 0.2) is 0 Å². The summed E-state index contributed by atoms with van der Waals surface area (Å²) < 4.78 is 10.5. The van der Waals surface area contributed by atoms with Crippen LogP contribution in [0.15, 0.2) is 24.3 Å². The molecule has 0 radical (unpaired) electrons. The monoisotopic (exact) mass is 266 g/mol. The number of nitrogens with one attached hydrogen (secondary N) is 1. The van der Waals surface area contributed by atoms with Crippen LogP contribution in [0.2, 0.25) is 0 Å². The highest BCUT2D eigenvalue weighted by atomic mass is 16.5. The molecule has 0 aliphatic heterocycles. The molecule has 0 spiro atoms. The number of hydrogen-bond acceptors (Lipinski definition) is 4. The van der Waals surface area contributed by atoms with Crippen molar-refractivity contribution in [3.8, 4) is 11.5 Å². The summed E-state index contributed by atoms with van der Waals surface area (Å²) in [4.78, 5) is 11.4. The van der Waals surface area contributed by atoms with Gasteiger partial charge in [-0.25, -0.2) is 0 Å². The van der Waals surface area contributed by atoms with Crippen LogP contribution in [-0.2, 0) is 4.79 Å². The lowest BCUT2D eigenvalue weighted by Crippen LogP contribution is -2.29. The molecule has 0 saturated carbocycles. The normalized spacial score (nSPS) is 11.7. The van der Waals surface area contributed by atoms with Gasteiger partial charge in [0.1, 0.15) is 18.1 Å². The molecule has 0 heterocycles. The zero-order valence-electron chi connectivity index (χ0n) is 11.5. The van der Waals surface area contributed by atoms with Crippen molar-refractivity contribution < 1.29 is 14.3 Å². The maximum Gasteiger partial charge on any atom is 0.220 e. The Hall–Kier alpha value is -1.75. The van der Waals surface area contributed by atoms with Crippen LogP contribution in [0, 0.1) is 0 Å². The second kappa shape index (κ2) is 8.37. The van der Waals surface area contributed by atoms with Crippen LogP contribution >= 0.6 is 0 Å². The number of benzene rings is 1. The van der Waals surface area contributed by atoms with Gasteiger partial charge in [0.25, 0.3) is 0 Å². The van der Waals surface area contributed by atoms with Crippen molar-refractivity contribution in [3.63, 3.8) is 0 Å². The highest BCUT2D eigenvalue weighted by Gasteiger charge is 2.02. The Labute approximate surface area is 114 Å². The maximum atomic E-state index is 11.4. The van der Waals surface area contributed by atoms with E-state index in [1.165, 1.54) is 0 Å². The first-order valence-electron chi connectivity index (χ1n) is 6.41. The molecule has 0 aliphatic rings. The van der Waals surface area contributed by atoms with E-state index in [0.717, 1.165) is 11.5 Å². The third kappa shape index (κ3) is 6.67. The molecule has 106 valence electrons. The summed E-state index contributed by atoms with van der Waals surface area (Å²) in [7, 11) is 1.62. The predicted octanol–water partition coefficient (Wildman–Crippen LogP) is 1.32. The number of carbonyl (C=O) groups is 1. The van der Waals surface area contributed by atoms with E-state index < -0.39 is 0 Å². The fraction of sp³-hybridized carbons (Fsp3) is 0.500. The van der Waals surface area contributed by atoms with Gasteiger partial charge < -0.3 is 20.5 Å². The molecule has 0 saturated heterocycles. The first kappa shape index (κ1) is 15.3. The molecule has 0 fully saturated rings. The molecule has 0 aromatic heterocycles. The van der Waals surface area contributed by atoms with Gasteiger partial charge >= 0.3 is 0 Å². The zero-order chi connectivity index (χ0) is 14.1. The summed E-state index contributed by atoms with van der Waals surface area (Å²) >= 11 is 0. The molecule has 1 atom stereocenters. The standard InChI is InChI=1S/C14H22N2O3/c1-11(15)3-8-14(17)16-9-10-19-13-6-4-12(18-2)5-7-13/h4-7,11H,3,8-10,15H2,1-2H3,(H,16,17). The van der Waals surface area contributed by atoms with Crippen LogP contribution in [-0.4, -0.2) is 32.2 Å². The molecular formula is C14H22N2O3. The number of amides is 1. The van der Waals surface area contributed by atoms with Crippen LogP contribution in [0.25, 0.3) is 0 Å². The molecule has 1 aromatic carbocycles. The molecule has 0 bridgehead atoms. The van der Waals surface area contributed by atoms with E-state index in [1.807, 2.05) is 31.2 Å². The summed E-state index contributed by atoms with van der Waals surface area (Å²) in [6, 6.07) is 7.38. The van der Waals surface area contributed by atoms with Crippen molar-refractivity contribution in [1.82, 2.24) is 5.32 Å². The minimum atomic E-state index is 0.00984. The lowest BCUT2D eigenvalue weighted by Gasteiger charge is -2.09.